The molecule has 0 fully saturated rings. The van der Waals surface area contributed by atoms with Crippen LogP contribution in [0, 0.1) is 12.7 Å². The summed E-state index contributed by atoms with van der Waals surface area (Å²) in [6.07, 6.45) is 1.48. The van der Waals surface area contributed by atoms with Gasteiger partial charge in [0.25, 0.3) is 11.5 Å². The molecule has 0 unspecified atom stereocenters. The first-order valence-corrected chi connectivity index (χ1v) is 7.28. The Kier molecular flexibility index (Phi) is 4.28. The summed E-state index contributed by atoms with van der Waals surface area (Å²) in [7, 11) is 0. The standard InChI is InChI=1S/C16H14FN5O2/c1-10-2-3-11(9-19-10)15(23)18-6-7-22-16(24)13-8-12(17)4-5-14(13)20-21-22/h2-5,8-9H,6-7H2,1H3,(H,18,23). The Labute approximate surface area is 136 Å². The van der Waals surface area contributed by atoms with Gasteiger partial charge in [0.15, 0.2) is 0 Å². The third-order valence-electron chi connectivity index (χ3n) is 3.47. The molecule has 3 rings (SSSR count). The number of nitrogens with one attached hydrogen (secondary N) is 1. The quantitative estimate of drug-likeness (QED) is 0.774. The average molecular weight is 327 g/mol. The monoisotopic (exact) mass is 327 g/mol. The molecule has 2 heterocycles. The van der Waals surface area contributed by atoms with Gasteiger partial charge in [-0.1, -0.05) is 5.21 Å². The summed E-state index contributed by atoms with van der Waals surface area (Å²) in [5, 5.41) is 10.5. The Morgan fingerprint density at radius 1 is 1.29 bits per heavy atom. The van der Waals surface area contributed by atoms with Crippen LogP contribution in [0.5, 0.6) is 0 Å². The molecule has 24 heavy (non-hydrogen) atoms. The first-order valence-electron chi connectivity index (χ1n) is 7.28. The minimum absolute atomic E-state index is 0.128. The van der Waals surface area contributed by atoms with Gasteiger partial charge < -0.3 is 5.32 Å². The van der Waals surface area contributed by atoms with E-state index >= 15 is 0 Å². The van der Waals surface area contributed by atoms with Crippen molar-refractivity contribution in [3.05, 3.63) is 64.0 Å². The number of amides is 1. The molecule has 1 N–H and O–H groups in total. The summed E-state index contributed by atoms with van der Waals surface area (Å²) in [5.41, 5.74) is 1.12. The minimum Gasteiger partial charge on any atom is -0.350 e. The number of nitrogens with zero attached hydrogens (tertiary/aromatic N) is 4. The van der Waals surface area contributed by atoms with Gasteiger partial charge in [0.2, 0.25) is 0 Å². The van der Waals surface area contributed by atoms with Crippen molar-refractivity contribution in [3.8, 4) is 0 Å². The second-order valence-electron chi connectivity index (χ2n) is 5.22. The lowest BCUT2D eigenvalue weighted by atomic mass is 10.2. The fourth-order valence-corrected chi connectivity index (χ4v) is 2.17. The zero-order valence-corrected chi connectivity index (χ0v) is 12.9. The van der Waals surface area contributed by atoms with Gasteiger partial charge in [0, 0.05) is 18.4 Å². The van der Waals surface area contributed by atoms with Crippen LogP contribution in [-0.2, 0) is 6.54 Å². The van der Waals surface area contributed by atoms with Gasteiger partial charge in [-0.15, -0.1) is 5.10 Å². The van der Waals surface area contributed by atoms with Crippen LogP contribution in [0.25, 0.3) is 10.9 Å². The van der Waals surface area contributed by atoms with Crippen LogP contribution in [0.4, 0.5) is 4.39 Å². The molecule has 0 aliphatic carbocycles. The third kappa shape index (κ3) is 3.27. The summed E-state index contributed by atoms with van der Waals surface area (Å²) in [6, 6.07) is 7.15. The lowest BCUT2D eigenvalue weighted by Gasteiger charge is -2.07. The van der Waals surface area contributed by atoms with Crippen LogP contribution in [0.1, 0.15) is 16.1 Å². The Hall–Kier alpha value is -3.16. The SMILES string of the molecule is Cc1ccc(C(=O)NCCn2nnc3ccc(F)cc3c2=O)cn1. The van der Waals surface area contributed by atoms with E-state index < -0.39 is 11.4 Å². The van der Waals surface area contributed by atoms with E-state index in [0.717, 1.165) is 16.4 Å². The average Bonchev–Trinajstić information content (AvgIpc) is 2.58. The van der Waals surface area contributed by atoms with E-state index in [2.05, 4.69) is 20.6 Å². The molecule has 3 aromatic rings. The first kappa shape index (κ1) is 15.7. The summed E-state index contributed by atoms with van der Waals surface area (Å²) in [6.45, 7) is 2.14. The molecule has 7 nitrogen and oxygen atoms in total. The molecule has 0 saturated carbocycles. The van der Waals surface area contributed by atoms with Crippen molar-refractivity contribution in [2.45, 2.75) is 13.5 Å². The molecule has 0 saturated heterocycles. The predicted molar refractivity (Wildman–Crippen MR) is 85.1 cm³/mol. The van der Waals surface area contributed by atoms with Crippen molar-refractivity contribution in [1.29, 1.82) is 0 Å². The largest absolute Gasteiger partial charge is 0.350 e. The van der Waals surface area contributed by atoms with Gasteiger partial charge in [-0.3, -0.25) is 14.6 Å². The van der Waals surface area contributed by atoms with Crippen molar-refractivity contribution < 1.29 is 9.18 Å². The van der Waals surface area contributed by atoms with Crippen LogP contribution >= 0.6 is 0 Å². The zero-order valence-electron chi connectivity index (χ0n) is 12.9. The highest BCUT2D eigenvalue weighted by Gasteiger charge is 2.08. The van der Waals surface area contributed by atoms with Gasteiger partial charge in [-0.25, -0.2) is 9.07 Å². The highest BCUT2D eigenvalue weighted by Crippen LogP contribution is 2.07. The van der Waals surface area contributed by atoms with Crippen LogP contribution < -0.4 is 10.9 Å². The highest BCUT2D eigenvalue weighted by atomic mass is 19.1. The van der Waals surface area contributed by atoms with Gasteiger partial charge >= 0.3 is 0 Å². The predicted octanol–water partition coefficient (Wildman–Crippen LogP) is 1.06. The lowest BCUT2D eigenvalue weighted by Crippen LogP contribution is -2.32. The van der Waals surface area contributed by atoms with Crippen LogP contribution in [-0.4, -0.2) is 32.4 Å². The number of hydrogen-bond acceptors (Lipinski definition) is 5. The Bertz CT molecular complexity index is 953. The van der Waals surface area contributed by atoms with Crippen molar-refractivity contribution in [2.75, 3.05) is 6.54 Å². The molecule has 0 spiro atoms. The fraction of sp³-hybridized carbons (Fsp3) is 0.188. The maximum atomic E-state index is 13.3. The number of halogens is 1. The molecule has 0 bridgehead atoms. The molecular formula is C16H14FN5O2. The molecule has 1 amide bonds. The number of hydrogen-bond donors (Lipinski definition) is 1. The molecule has 122 valence electrons. The molecule has 8 heteroatoms. The van der Waals surface area contributed by atoms with E-state index in [9.17, 15) is 14.0 Å². The number of carbonyl (C=O) groups excluding carboxylic acids is 1. The van der Waals surface area contributed by atoms with Crippen molar-refractivity contribution in [3.63, 3.8) is 0 Å². The maximum absolute atomic E-state index is 13.3. The lowest BCUT2D eigenvalue weighted by molar-refractivity contribution is 0.0951. The number of fused-ring (bicyclic) bond motifs is 1. The molecule has 0 radical (unpaired) electrons. The molecule has 0 atom stereocenters. The summed E-state index contributed by atoms with van der Waals surface area (Å²) in [5.74, 6) is -0.810. The smallest absolute Gasteiger partial charge is 0.277 e. The van der Waals surface area contributed by atoms with Crippen molar-refractivity contribution in [1.82, 2.24) is 25.3 Å². The van der Waals surface area contributed by atoms with Gasteiger partial charge in [-0.05, 0) is 37.3 Å². The Morgan fingerprint density at radius 2 is 2.12 bits per heavy atom. The van der Waals surface area contributed by atoms with E-state index in [1.807, 2.05) is 6.92 Å². The molecule has 1 aromatic carbocycles. The Balaban J connectivity index is 1.69. The maximum Gasteiger partial charge on any atom is 0.277 e. The number of aryl methyl sites for hydroxylation is 1. The van der Waals surface area contributed by atoms with E-state index in [1.165, 1.54) is 18.3 Å². The van der Waals surface area contributed by atoms with Gasteiger partial charge in [0.05, 0.1) is 17.5 Å². The van der Waals surface area contributed by atoms with Crippen molar-refractivity contribution in [2.24, 2.45) is 0 Å². The van der Waals surface area contributed by atoms with Crippen LogP contribution in [0.2, 0.25) is 0 Å². The van der Waals surface area contributed by atoms with Gasteiger partial charge in [0.1, 0.15) is 11.3 Å². The minimum atomic E-state index is -0.515. The number of rotatable bonds is 4. The molecule has 0 aliphatic heterocycles. The third-order valence-corrected chi connectivity index (χ3v) is 3.47. The van der Waals surface area contributed by atoms with Crippen molar-refractivity contribution >= 4 is 16.8 Å². The van der Waals surface area contributed by atoms with Gasteiger partial charge in [-0.2, -0.15) is 0 Å². The fourth-order valence-electron chi connectivity index (χ4n) is 2.17. The summed E-state index contributed by atoms with van der Waals surface area (Å²) < 4.78 is 14.4. The zero-order chi connectivity index (χ0) is 17.1. The van der Waals surface area contributed by atoms with E-state index in [4.69, 9.17) is 0 Å². The summed E-state index contributed by atoms with van der Waals surface area (Å²) in [4.78, 5) is 28.2. The number of carbonyl (C=O) groups is 1. The number of aromatic nitrogens is 4. The van der Waals surface area contributed by atoms with E-state index in [-0.39, 0.29) is 24.4 Å². The normalized spacial score (nSPS) is 10.8. The second kappa shape index (κ2) is 6.53. The second-order valence-corrected chi connectivity index (χ2v) is 5.22. The molecular weight excluding hydrogens is 313 g/mol. The number of benzene rings is 1. The Morgan fingerprint density at radius 3 is 2.88 bits per heavy atom. The topological polar surface area (TPSA) is 89.8 Å². The summed E-state index contributed by atoms with van der Waals surface area (Å²) >= 11 is 0. The highest BCUT2D eigenvalue weighted by molar-refractivity contribution is 5.93. The van der Waals surface area contributed by atoms with E-state index in [0.29, 0.717) is 11.1 Å². The number of pyridine rings is 1. The van der Waals surface area contributed by atoms with Crippen LogP contribution in [0.3, 0.4) is 0 Å². The van der Waals surface area contributed by atoms with Crippen LogP contribution in [0.15, 0.2) is 41.3 Å². The molecule has 2 aromatic heterocycles. The first-order chi connectivity index (χ1) is 11.5. The van der Waals surface area contributed by atoms with E-state index in [1.54, 1.807) is 12.1 Å². The molecule has 0 aliphatic rings.